The van der Waals surface area contributed by atoms with Gasteiger partial charge in [0.05, 0.1) is 18.8 Å². The average molecular weight is 269 g/mol. The van der Waals surface area contributed by atoms with Crippen molar-refractivity contribution >= 4 is 23.3 Å². The van der Waals surface area contributed by atoms with Crippen molar-refractivity contribution in [3.63, 3.8) is 0 Å². The normalized spacial score (nSPS) is 18.5. The summed E-state index contributed by atoms with van der Waals surface area (Å²) in [6.07, 6.45) is 0. The summed E-state index contributed by atoms with van der Waals surface area (Å²) >= 11 is 5.80. The molecule has 0 radical (unpaired) electrons. The van der Waals surface area contributed by atoms with E-state index in [9.17, 15) is 4.79 Å². The van der Waals surface area contributed by atoms with Gasteiger partial charge in [-0.3, -0.25) is 0 Å². The Bertz CT molecular complexity index is 431. The number of halogens is 1. The van der Waals surface area contributed by atoms with Crippen molar-refractivity contribution in [2.24, 2.45) is 0 Å². The van der Waals surface area contributed by atoms with E-state index in [2.05, 4.69) is 5.32 Å². The van der Waals surface area contributed by atoms with Gasteiger partial charge in [-0.25, -0.2) is 4.79 Å². The molecular weight excluding hydrogens is 252 g/mol. The largest absolute Gasteiger partial charge is 0.377 e. The summed E-state index contributed by atoms with van der Waals surface area (Å²) in [6, 6.07) is 6.97. The van der Waals surface area contributed by atoms with E-state index in [1.54, 1.807) is 29.2 Å². The first-order valence-corrected chi connectivity index (χ1v) is 6.29. The van der Waals surface area contributed by atoms with E-state index in [0.29, 0.717) is 24.8 Å². The summed E-state index contributed by atoms with van der Waals surface area (Å²) in [6.45, 7) is 5.73. The number of anilines is 1. The molecule has 1 aromatic rings. The van der Waals surface area contributed by atoms with E-state index in [1.807, 2.05) is 13.8 Å². The molecule has 0 aromatic heterocycles. The third-order valence-electron chi connectivity index (χ3n) is 2.99. The molecule has 1 aliphatic rings. The van der Waals surface area contributed by atoms with E-state index < -0.39 is 0 Å². The summed E-state index contributed by atoms with van der Waals surface area (Å²) in [5.41, 5.74) is 0.459. The second kappa shape index (κ2) is 5.16. The molecule has 98 valence electrons. The topological polar surface area (TPSA) is 41.6 Å². The molecule has 0 atom stereocenters. The number of carbonyl (C=O) groups excluding carboxylic acids is 1. The highest BCUT2D eigenvalue weighted by Gasteiger charge is 2.34. The van der Waals surface area contributed by atoms with Gasteiger partial charge in [0.1, 0.15) is 0 Å². The van der Waals surface area contributed by atoms with Crippen LogP contribution in [0.5, 0.6) is 0 Å². The van der Waals surface area contributed by atoms with Gasteiger partial charge in [0.25, 0.3) is 0 Å². The number of carbonyl (C=O) groups is 1. The van der Waals surface area contributed by atoms with Crippen LogP contribution in [0.3, 0.4) is 0 Å². The van der Waals surface area contributed by atoms with Crippen LogP contribution in [0.25, 0.3) is 0 Å². The molecule has 2 amide bonds. The lowest BCUT2D eigenvalue weighted by Crippen LogP contribution is -2.56. The van der Waals surface area contributed by atoms with E-state index >= 15 is 0 Å². The lowest BCUT2D eigenvalue weighted by atomic mass is 10.0. The van der Waals surface area contributed by atoms with Crippen LogP contribution in [0.2, 0.25) is 5.02 Å². The van der Waals surface area contributed by atoms with Crippen molar-refractivity contribution in [1.29, 1.82) is 0 Å². The first-order chi connectivity index (χ1) is 8.49. The minimum atomic E-state index is -0.283. The molecule has 0 aliphatic carbocycles. The highest BCUT2D eigenvalue weighted by molar-refractivity contribution is 6.30. The Labute approximate surface area is 112 Å². The van der Waals surface area contributed by atoms with Crippen LogP contribution >= 0.6 is 11.6 Å². The van der Waals surface area contributed by atoms with Gasteiger partial charge in [-0.05, 0) is 38.1 Å². The van der Waals surface area contributed by atoms with Crippen LogP contribution in [0, 0.1) is 0 Å². The van der Waals surface area contributed by atoms with Crippen molar-refractivity contribution in [2.75, 3.05) is 25.1 Å². The van der Waals surface area contributed by atoms with Crippen LogP contribution in [-0.4, -0.2) is 36.2 Å². The zero-order valence-electron chi connectivity index (χ0n) is 10.6. The molecule has 1 saturated heterocycles. The lowest BCUT2D eigenvalue weighted by Gasteiger charge is -2.41. The van der Waals surface area contributed by atoms with Gasteiger partial charge in [0.15, 0.2) is 0 Å². The SMILES string of the molecule is CC1(C)COCCN1C(=O)Nc1ccc(Cl)cc1. The first kappa shape index (κ1) is 13.2. The standard InChI is InChI=1S/C13H17ClN2O2/c1-13(2)9-18-8-7-16(13)12(17)15-11-5-3-10(14)4-6-11/h3-6H,7-9H2,1-2H3,(H,15,17). The van der Waals surface area contributed by atoms with Crippen molar-refractivity contribution in [3.05, 3.63) is 29.3 Å². The third kappa shape index (κ3) is 2.94. The Kier molecular flexibility index (Phi) is 3.78. The zero-order chi connectivity index (χ0) is 13.2. The van der Waals surface area contributed by atoms with E-state index in [0.717, 1.165) is 5.69 Å². The molecule has 4 nitrogen and oxygen atoms in total. The fraction of sp³-hybridized carbons (Fsp3) is 0.462. The number of hydrogen-bond donors (Lipinski definition) is 1. The number of benzene rings is 1. The molecule has 0 spiro atoms. The monoisotopic (exact) mass is 268 g/mol. The fourth-order valence-corrected chi connectivity index (χ4v) is 2.08. The number of ether oxygens (including phenoxy) is 1. The molecule has 0 saturated carbocycles. The second-order valence-electron chi connectivity index (χ2n) is 4.95. The van der Waals surface area contributed by atoms with E-state index in [-0.39, 0.29) is 11.6 Å². The highest BCUT2D eigenvalue weighted by Crippen LogP contribution is 2.21. The molecule has 2 rings (SSSR count). The Hall–Kier alpha value is -1.26. The zero-order valence-corrected chi connectivity index (χ0v) is 11.3. The number of urea groups is 1. The molecule has 1 heterocycles. The first-order valence-electron chi connectivity index (χ1n) is 5.91. The molecule has 1 aromatic carbocycles. The average Bonchev–Trinajstić information content (AvgIpc) is 2.31. The number of nitrogens with one attached hydrogen (secondary N) is 1. The highest BCUT2D eigenvalue weighted by atomic mass is 35.5. The lowest BCUT2D eigenvalue weighted by molar-refractivity contribution is -0.0249. The summed E-state index contributed by atoms with van der Waals surface area (Å²) in [5.74, 6) is 0. The van der Waals surface area contributed by atoms with E-state index in [4.69, 9.17) is 16.3 Å². The molecule has 0 bridgehead atoms. The smallest absolute Gasteiger partial charge is 0.322 e. The Morgan fingerprint density at radius 3 is 2.67 bits per heavy atom. The molecule has 1 aliphatic heterocycles. The second-order valence-corrected chi connectivity index (χ2v) is 5.39. The molecule has 5 heteroatoms. The number of rotatable bonds is 1. The van der Waals surface area contributed by atoms with Crippen molar-refractivity contribution in [3.8, 4) is 0 Å². The van der Waals surface area contributed by atoms with Crippen LogP contribution < -0.4 is 5.32 Å². The van der Waals surface area contributed by atoms with Gasteiger partial charge in [-0.1, -0.05) is 11.6 Å². The van der Waals surface area contributed by atoms with Crippen molar-refractivity contribution in [2.45, 2.75) is 19.4 Å². The van der Waals surface area contributed by atoms with Gasteiger partial charge in [0, 0.05) is 17.3 Å². The van der Waals surface area contributed by atoms with Gasteiger partial charge < -0.3 is 15.0 Å². The van der Waals surface area contributed by atoms with Gasteiger partial charge in [0.2, 0.25) is 0 Å². The predicted molar refractivity (Wildman–Crippen MR) is 72.1 cm³/mol. The van der Waals surface area contributed by atoms with Gasteiger partial charge in [-0.2, -0.15) is 0 Å². The fourth-order valence-electron chi connectivity index (χ4n) is 1.96. The van der Waals surface area contributed by atoms with Crippen molar-refractivity contribution in [1.82, 2.24) is 4.90 Å². The Balaban J connectivity index is 2.05. The molecule has 18 heavy (non-hydrogen) atoms. The number of nitrogens with zero attached hydrogens (tertiary/aromatic N) is 1. The van der Waals surface area contributed by atoms with Gasteiger partial charge >= 0.3 is 6.03 Å². The summed E-state index contributed by atoms with van der Waals surface area (Å²) in [5, 5.41) is 3.52. The number of amides is 2. The minimum Gasteiger partial charge on any atom is -0.377 e. The molecule has 1 N–H and O–H groups in total. The van der Waals surface area contributed by atoms with Crippen LogP contribution in [-0.2, 0) is 4.74 Å². The van der Waals surface area contributed by atoms with Crippen LogP contribution in [0.1, 0.15) is 13.8 Å². The minimum absolute atomic E-state index is 0.106. The molecule has 0 unspecified atom stereocenters. The maximum absolute atomic E-state index is 12.2. The maximum Gasteiger partial charge on any atom is 0.322 e. The third-order valence-corrected chi connectivity index (χ3v) is 3.24. The predicted octanol–water partition coefficient (Wildman–Crippen LogP) is 2.98. The van der Waals surface area contributed by atoms with Crippen molar-refractivity contribution < 1.29 is 9.53 Å². The van der Waals surface area contributed by atoms with E-state index in [1.165, 1.54) is 0 Å². The number of morpholine rings is 1. The van der Waals surface area contributed by atoms with Crippen LogP contribution in [0.4, 0.5) is 10.5 Å². The summed E-state index contributed by atoms with van der Waals surface area (Å²) < 4.78 is 5.39. The van der Waals surface area contributed by atoms with Crippen LogP contribution in [0.15, 0.2) is 24.3 Å². The quantitative estimate of drug-likeness (QED) is 0.851. The Morgan fingerprint density at radius 1 is 1.39 bits per heavy atom. The molecule has 1 fully saturated rings. The maximum atomic E-state index is 12.2. The summed E-state index contributed by atoms with van der Waals surface area (Å²) in [7, 11) is 0. The number of hydrogen-bond acceptors (Lipinski definition) is 2. The summed E-state index contributed by atoms with van der Waals surface area (Å²) in [4.78, 5) is 14.0. The Morgan fingerprint density at radius 2 is 2.06 bits per heavy atom. The molecular formula is C13H17ClN2O2. The van der Waals surface area contributed by atoms with Gasteiger partial charge in [-0.15, -0.1) is 0 Å².